The van der Waals surface area contributed by atoms with Crippen LogP contribution in [0.2, 0.25) is 0 Å². The van der Waals surface area contributed by atoms with E-state index in [1.807, 2.05) is 54.7 Å². The molecule has 2 aliphatic heterocycles. The topological polar surface area (TPSA) is 224 Å². The molecule has 16 nitrogen and oxygen atoms in total. The van der Waals surface area contributed by atoms with Crippen molar-refractivity contribution in [1.29, 1.82) is 0 Å². The summed E-state index contributed by atoms with van der Waals surface area (Å²) in [4.78, 5) is 111. The Labute approximate surface area is 337 Å². The van der Waals surface area contributed by atoms with E-state index in [-0.39, 0.29) is 49.5 Å². The second kappa shape index (κ2) is 23.4. The van der Waals surface area contributed by atoms with Crippen molar-refractivity contribution in [3.63, 3.8) is 0 Å². The molecule has 0 spiro atoms. The van der Waals surface area contributed by atoms with Gasteiger partial charge in [0.25, 0.3) is 0 Å². The van der Waals surface area contributed by atoms with Crippen molar-refractivity contribution in [2.45, 2.75) is 150 Å². The summed E-state index contributed by atoms with van der Waals surface area (Å²) in [5.74, 6) is -4.85. The lowest BCUT2D eigenvalue weighted by Gasteiger charge is -2.32. The van der Waals surface area contributed by atoms with Crippen molar-refractivity contribution in [1.82, 2.24) is 42.1 Å². The largest absolute Gasteiger partial charge is 0.345 e. The molecule has 2 rings (SSSR count). The Balaban J connectivity index is 2.59. The van der Waals surface area contributed by atoms with Crippen LogP contribution in [0.15, 0.2) is 0 Å². The van der Waals surface area contributed by atoms with E-state index in [2.05, 4.69) is 37.2 Å². The number of nitrogens with zero attached hydrogens (tertiary/aromatic N) is 1. The normalized spacial score (nSPS) is 28.2. The maximum absolute atomic E-state index is 14.1. The zero-order valence-electron chi connectivity index (χ0n) is 35.0. The molecule has 0 aromatic carbocycles. The highest BCUT2D eigenvalue weighted by Gasteiger charge is 2.40. The molecule has 7 N–H and O–H groups in total. The minimum atomic E-state index is -1.11. The molecule has 17 heteroatoms. The minimum absolute atomic E-state index is 0.0110. The van der Waals surface area contributed by atoms with Gasteiger partial charge in [-0.1, -0.05) is 68.2 Å². The minimum Gasteiger partial charge on any atom is -0.345 e. The highest BCUT2D eigenvalue weighted by atomic mass is 32.2. The van der Waals surface area contributed by atoms with Crippen LogP contribution in [0.25, 0.3) is 0 Å². The van der Waals surface area contributed by atoms with Crippen LogP contribution < -0.4 is 37.2 Å². The third kappa shape index (κ3) is 14.6. The number of carbonyl (C=O) groups is 8. The molecule has 1 unspecified atom stereocenters. The number of hydrogen-bond acceptors (Lipinski definition) is 9. The predicted molar refractivity (Wildman–Crippen MR) is 216 cm³/mol. The number of rotatable bonds is 11. The first kappa shape index (κ1) is 48.3. The molecule has 56 heavy (non-hydrogen) atoms. The van der Waals surface area contributed by atoms with E-state index in [0.717, 1.165) is 0 Å². The van der Waals surface area contributed by atoms with Gasteiger partial charge in [-0.2, -0.15) is 11.8 Å². The number of nitrogens with one attached hydrogen (secondary N) is 7. The molecule has 2 saturated heterocycles. The van der Waals surface area contributed by atoms with Gasteiger partial charge in [0, 0.05) is 6.54 Å². The number of hydrogen-bond donors (Lipinski definition) is 7. The van der Waals surface area contributed by atoms with Crippen molar-refractivity contribution in [3.05, 3.63) is 0 Å². The number of amides is 8. The molecular weight excluding hydrogens is 741 g/mol. The lowest BCUT2D eigenvalue weighted by molar-refractivity contribution is -0.143. The van der Waals surface area contributed by atoms with Crippen molar-refractivity contribution >= 4 is 59.0 Å². The smallest absolute Gasteiger partial charge is 0.245 e. The molecule has 318 valence electrons. The zero-order valence-corrected chi connectivity index (χ0v) is 35.9. The second-order valence-electron chi connectivity index (χ2n) is 16.2. The van der Waals surface area contributed by atoms with E-state index >= 15 is 0 Å². The van der Waals surface area contributed by atoms with E-state index in [1.165, 1.54) is 23.6 Å². The molecule has 2 heterocycles. The standard InChI is InChI=1S/C39H68N8O8S/c1-11-23(7)31-37(53)43-26(15-17-56-10)34(50)40-20-30(48)42-28(19-22(5)6)39(55)47-16-13-14-29(47)36(52)46-32(24(8)12-2)38(54)44-27(18-21(3)4)35(51)41-25(9)33(49)45-31/h21-29,31-32H,11-20H2,1-10H3,(H,40,50)(H,41,51)(H,42,48)(H,43,53)(H,44,54)(H,45,49)(H,46,52)/t23?,24-,25-,26-,27-,28-,29-,31-,32-/m0/s1. The monoisotopic (exact) mass is 808 g/mol. The Hall–Kier alpha value is -3.89. The van der Waals surface area contributed by atoms with Crippen LogP contribution in [-0.2, 0) is 38.4 Å². The summed E-state index contributed by atoms with van der Waals surface area (Å²) in [5.41, 5.74) is 0. The SMILES string of the molecule is CCC(C)[C@@H]1NC(=O)[C@H](C)NC(=O)[C@H](CC(C)C)NC(=O)[C@H]([C@@H](C)CC)NC(=O)[C@@H]2CCCN2C(=O)[C@H](CC(C)C)NC(=O)CNC(=O)[C@H](CCSC)NC1=O. The first-order valence-electron chi connectivity index (χ1n) is 20.2. The highest BCUT2D eigenvalue weighted by molar-refractivity contribution is 7.98. The van der Waals surface area contributed by atoms with Crippen LogP contribution in [0.3, 0.4) is 0 Å². The van der Waals surface area contributed by atoms with Gasteiger partial charge in [-0.05, 0) is 74.7 Å². The van der Waals surface area contributed by atoms with Gasteiger partial charge in [-0.15, -0.1) is 0 Å². The Morgan fingerprint density at radius 3 is 1.71 bits per heavy atom. The molecule has 0 radical (unpaired) electrons. The maximum Gasteiger partial charge on any atom is 0.245 e. The Kier molecular flexibility index (Phi) is 20.1. The summed E-state index contributed by atoms with van der Waals surface area (Å²) in [6.07, 6.45) is 4.51. The van der Waals surface area contributed by atoms with Gasteiger partial charge in [0.05, 0.1) is 6.54 Å². The van der Waals surface area contributed by atoms with Crippen LogP contribution in [0.4, 0.5) is 0 Å². The molecule has 8 amide bonds. The van der Waals surface area contributed by atoms with E-state index in [0.29, 0.717) is 31.4 Å². The van der Waals surface area contributed by atoms with Gasteiger partial charge in [-0.25, -0.2) is 0 Å². The van der Waals surface area contributed by atoms with Crippen LogP contribution in [0.5, 0.6) is 0 Å². The molecule has 0 aromatic heterocycles. The summed E-state index contributed by atoms with van der Waals surface area (Å²) in [6.45, 7) is 16.2. The fourth-order valence-corrected chi connectivity index (χ4v) is 7.25. The van der Waals surface area contributed by atoms with Gasteiger partial charge in [-0.3, -0.25) is 38.4 Å². The average molecular weight is 809 g/mol. The average Bonchev–Trinajstić information content (AvgIpc) is 3.64. The van der Waals surface area contributed by atoms with Crippen LogP contribution in [0.1, 0.15) is 107 Å². The summed E-state index contributed by atoms with van der Waals surface area (Å²) >= 11 is 1.47. The van der Waals surface area contributed by atoms with Crippen molar-refractivity contribution < 1.29 is 38.4 Å². The van der Waals surface area contributed by atoms with Crippen LogP contribution in [-0.4, -0.2) is 120 Å². The van der Waals surface area contributed by atoms with Crippen molar-refractivity contribution in [2.24, 2.45) is 23.7 Å². The van der Waals surface area contributed by atoms with Gasteiger partial charge in [0.1, 0.15) is 42.3 Å². The Morgan fingerprint density at radius 1 is 0.643 bits per heavy atom. The van der Waals surface area contributed by atoms with E-state index in [4.69, 9.17) is 0 Å². The zero-order chi connectivity index (χ0) is 42.3. The van der Waals surface area contributed by atoms with E-state index in [1.54, 1.807) is 6.92 Å². The third-order valence-electron chi connectivity index (χ3n) is 10.5. The van der Waals surface area contributed by atoms with Crippen molar-refractivity contribution in [3.8, 4) is 0 Å². The highest BCUT2D eigenvalue weighted by Crippen LogP contribution is 2.22. The molecule has 0 saturated carbocycles. The second-order valence-corrected chi connectivity index (χ2v) is 17.1. The Morgan fingerprint density at radius 2 is 1.18 bits per heavy atom. The fourth-order valence-electron chi connectivity index (χ4n) is 6.77. The third-order valence-corrected chi connectivity index (χ3v) is 11.2. The van der Waals surface area contributed by atoms with Gasteiger partial charge in [0.15, 0.2) is 0 Å². The van der Waals surface area contributed by atoms with Gasteiger partial charge < -0.3 is 42.1 Å². The Bertz CT molecular complexity index is 1400. The van der Waals surface area contributed by atoms with Gasteiger partial charge in [0.2, 0.25) is 47.3 Å². The number of thioether (sulfide) groups is 1. The molecule has 0 aromatic rings. The van der Waals surface area contributed by atoms with Crippen molar-refractivity contribution in [2.75, 3.05) is 25.1 Å². The van der Waals surface area contributed by atoms with Gasteiger partial charge >= 0.3 is 0 Å². The molecule has 0 bridgehead atoms. The van der Waals surface area contributed by atoms with E-state index < -0.39 is 96.1 Å². The lowest BCUT2D eigenvalue weighted by Crippen LogP contribution is -2.61. The fraction of sp³-hybridized carbons (Fsp3) is 0.795. The summed E-state index contributed by atoms with van der Waals surface area (Å²) < 4.78 is 0. The summed E-state index contributed by atoms with van der Waals surface area (Å²) in [6, 6.07) is -7.18. The number of carbonyl (C=O) groups excluding carboxylic acids is 8. The first-order chi connectivity index (χ1) is 26.3. The first-order valence-corrected chi connectivity index (χ1v) is 21.6. The number of fused-ring (bicyclic) bond motifs is 1. The lowest BCUT2D eigenvalue weighted by atomic mass is 9.96. The predicted octanol–water partition coefficient (Wildman–Crippen LogP) is 0.973. The molecule has 0 aliphatic carbocycles. The summed E-state index contributed by atoms with van der Waals surface area (Å²) in [7, 11) is 0. The van der Waals surface area contributed by atoms with Crippen LogP contribution in [0, 0.1) is 23.7 Å². The molecule has 9 atom stereocenters. The van der Waals surface area contributed by atoms with E-state index in [9.17, 15) is 38.4 Å². The summed E-state index contributed by atoms with van der Waals surface area (Å²) in [5, 5.41) is 19.2. The molecular formula is C39H68N8O8S. The maximum atomic E-state index is 14.1. The molecule has 2 fully saturated rings. The van der Waals surface area contributed by atoms with Crippen LogP contribution >= 0.6 is 11.8 Å². The molecule has 2 aliphatic rings. The quantitative estimate of drug-likeness (QED) is 0.158.